The molecule has 3 aromatic carbocycles. The van der Waals surface area contributed by atoms with Crippen molar-refractivity contribution >= 4 is 46.5 Å². The zero-order chi connectivity index (χ0) is 32.3. The highest BCUT2D eigenvalue weighted by Crippen LogP contribution is 2.37. The van der Waals surface area contributed by atoms with Crippen LogP contribution in [0.2, 0.25) is 0 Å². The van der Waals surface area contributed by atoms with Gasteiger partial charge in [-0.3, -0.25) is 14.4 Å². The minimum absolute atomic E-state index is 0.0822. The van der Waals surface area contributed by atoms with E-state index in [0.29, 0.717) is 22.9 Å². The highest BCUT2D eigenvalue weighted by molar-refractivity contribution is 6.16. The van der Waals surface area contributed by atoms with Crippen molar-refractivity contribution < 1.29 is 33.0 Å². The van der Waals surface area contributed by atoms with Crippen LogP contribution >= 0.6 is 0 Å². The second-order valence-corrected chi connectivity index (χ2v) is 10.7. The first-order valence-electron chi connectivity index (χ1n) is 14.4. The monoisotopic (exact) mass is 627 g/mol. The summed E-state index contributed by atoms with van der Waals surface area (Å²) >= 11 is 0. The maximum absolute atomic E-state index is 14.7. The number of carbonyl (C=O) groups excluding carboxylic acids is 3. The summed E-state index contributed by atoms with van der Waals surface area (Å²) in [5, 5.41) is 14.1. The third kappa shape index (κ3) is 6.31. The van der Waals surface area contributed by atoms with E-state index in [1.165, 1.54) is 26.2 Å². The van der Waals surface area contributed by atoms with Crippen LogP contribution in [0.5, 0.6) is 17.2 Å². The maximum atomic E-state index is 14.7. The molecule has 5 N–H and O–H groups in total. The normalized spacial score (nSPS) is 19.5. The molecule has 14 heteroatoms. The Morgan fingerprint density at radius 3 is 2.50 bits per heavy atom. The van der Waals surface area contributed by atoms with Crippen LogP contribution < -0.4 is 40.8 Å². The van der Waals surface area contributed by atoms with Crippen molar-refractivity contribution in [1.29, 1.82) is 0 Å². The lowest BCUT2D eigenvalue weighted by molar-refractivity contribution is -0.148. The lowest BCUT2D eigenvalue weighted by Gasteiger charge is -2.34. The fraction of sp³-hybridized carbons (Fsp3) is 0.219. The fourth-order valence-electron chi connectivity index (χ4n) is 4.91. The van der Waals surface area contributed by atoms with Crippen LogP contribution in [0.25, 0.3) is 0 Å². The predicted molar refractivity (Wildman–Crippen MR) is 166 cm³/mol. The Morgan fingerprint density at radius 1 is 0.957 bits per heavy atom. The Labute approximate surface area is 262 Å². The molecule has 0 unspecified atom stereocenters. The van der Waals surface area contributed by atoms with E-state index < -0.39 is 35.2 Å². The number of amides is 3. The van der Waals surface area contributed by atoms with Crippen molar-refractivity contribution in [2.45, 2.75) is 25.0 Å². The van der Waals surface area contributed by atoms with Gasteiger partial charge in [0.1, 0.15) is 18.4 Å². The van der Waals surface area contributed by atoms with E-state index in [0.717, 1.165) is 11.8 Å². The molecule has 0 saturated heterocycles. The maximum Gasteiger partial charge on any atom is 0.278 e. The number of hydrogen-bond acceptors (Lipinski definition) is 10. The molecule has 1 aromatic heterocycles. The summed E-state index contributed by atoms with van der Waals surface area (Å²) in [6.45, 7) is 1.51. The van der Waals surface area contributed by atoms with Gasteiger partial charge < -0.3 is 40.8 Å². The van der Waals surface area contributed by atoms with Gasteiger partial charge in [0.05, 0.1) is 25.5 Å². The molecule has 7 heterocycles. The van der Waals surface area contributed by atoms with Gasteiger partial charge in [-0.2, -0.15) is 4.98 Å². The number of methoxy groups -OCH3 is 1. The van der Waals surface area contributed by atoms with Gasteiger partial charge in [-0.15, -0.1) is 0 Å². The van der Waals surface area contributed by atoms with Crippen molar-refractivity contribution in [2.24, 2.45) is 0 Å². The first kappa shape index (κ1) is 30.1. The Morgan fingerprint density at radius 2 is 1.72 bits per heavy atom. The predicted octanol–water partition coefficient (Wildman–Crippen LogP) is 3.44. The Hall–Kier alpha value is -5.92. The van der Waals surface area contributed by atoms with Crippen molar-refractivity contribution in [2.75, 3.05) is 36.2 Å². The molecule has 0 fully saturated rings. The van der Waals surface area contributed by atoms with Crippen LogP contribution in [0.3, 0.4) is 0 Å². The average molecular weight is 628 g/mol. The van der Waals surface area contributed by atoms with E-state index in [1.807, 2.05) is 30.3 Å². The zero-order valence-corrected chi connectivity index (χ0v) is 24.8. The first-order valence-corrected chi connectivity index (χ1v) is 14.4. The van der Waals surface area contributed by atoms with Crippen molar-refractivity contribution in [1.82, 2.24) is 20.6 Å². The van der Waals surface area contributed by atoms with Gasteiger partial charge >= 0.3 is 0 Å². The number of halogens is 1. The van der Waals surface area contributed by atoms with Crippen LogP contribution in [0.1, 0.15) is 12.5 Å². The molecule has 6 aliphatic rings. The number of aromatic nitrogens is 2. The SMILES string of the molecule is COc1cc2ccc1OCCNC(=O)[C@H](Cc1ccccc1)NC(=O)[C@@]1(C)Oc3ccc(cc3NC1=O)Nc1nc(ncc1F)N2. The van der Waals surface area contributed by atoms with E-state index >= 15 is 0 Å². The van der Waals surface area contributed by atoms with Gasteiger partial charge in [0.2, 0.25) is 11.9 Å². The Balaban J connectivity index is 1.34. The quantitative estimate of drug-likeness (QED) is 0.213. The number of anilines is 5. The smallest absolute Gasteiger partial charge is 0.278 e. The van der Waals surface area contributed by atoms with E-state index in [-0.39, 0.29) is 42.8 Å². The molecule has 236 valence electrons. The number of hydrogen-bond donors (Lipinski definition) is 5. The summed E-state index contributed by atoms with van der Waals surface area (Å²) in [7, 11) is 1.48. The van der Waals surface area contributed by atoms with Gasteiger partial charge in [-0.25, -0.2) is 9.37 Å². The number of ether oxygens (including phenoxy) is 3. The minimum Gasteiger partial charge on any atom is -0.493 e. The number of nitrogens with zero attached hydrogens (tertiary/aromatic N) is 2. The second-order valence-electron chi connectivity index (χ2n) is 10.7. The van der Waals surface area contributed by atoms with Gasteiger partial charge in [0.15, 0.2) is 23.1 Å². The van der Waals surface area contributed by atoms with Gasteiger partial charge in [-0.1, -0.05) is 30.3 Å². The fourth-order valence-corrected chi connectivity index (χ4v) is 4.91. The van der Waals surface area contributed by atoms with Crippen molar-refractivity contribution in [3.05, 3.63) is 84.3 Å². The molecule has 3 amide bonds. The van der Waals surface area contributed by atoms with Crippen molar-refractivity contribution in [3.8, 4) is 17.2 Å². The van der Waals surface area contributed by atoms with Crippen molar-refractivity contribution in [3.63, 3.8) is 0 Å². The van der Waals surface area contributed by atoms with Crippen LogP contribution in [-0.2, 0) is 20.8 Å². The number of benzene rings is 3. The molecule has 4 aromatic rings. The van der Waals surface area contributed by atoms with E-state index in [2.05, 4.69) is 36.6 Å². The molecule has 10 rings (SSSR count). The number of rotatable bonds is 3. The molecule has 0 radical (unpaired) electrons. The average Bonchev–Trinajstić information content (AvgIpc) is 3.05. The van der Waals surface area contributed by atoms with Gasteiger partial charge in [0.25, 0.3) is 17.4 Å². The summed E-state index contributed by atoms with van der Waals surface area (Å²) in [4.78, 5) is 48.6. The molecule has 2 atom stereocenters. The first-order chi connectivity index (χ1) is 22.2. The highest BCUT2D eigenvalue weighted by atomic mass is 19.1. The van der Waals surface area contributed by atoms with Crippen LogP contribution in [0.4, 0.5) is 33.2 Å². The van der Waals surface area contributed by atoms with E-state index in [1.54, 1.807) is 24.3 Å². The molecule has 0 saturated carbocycles. The van der Waals surface area contributed by atoms with E-state index in [9.17, 15) is 18.8 Å². The molecule has 46 heavy (non-hydrogen) atoms. The molecule has 0 aliphatic carbocycles. The third-order valence-corrected chi connectivity index (χ3v) is 7.40. The lowest BCUT2D eigenvalue weighted by atomic mass is 9.99. The molecular weight excluding hydrogens is 597 g/mol. The lowest BCUT2D eigenvalue weighted by Crippen LogP contribution is -2.62. The molecule has 6 aliphatic heterocycles. The van der Waals surface area contributed by atoms with Crippen LogP contribution in [0.15, 0.2) is 72.9 Å². The van der Waals surface area contributed by atoms with Gasteiger partial charge in [0, 0.05) is 23.9 Å². The van der Waals surface area contributed by atoms with Crippen LogP contribution in [-0.4, -0.2) is 59.6 Å². The Kier molecular flexibility index (Phi) is 8.25. The zero-order valence-electron chi connectivity index (χ0n) is 24.8. The molecular formula is C32H30FN7O6. The molecule has 8 bridgehead atoms. The minimum atomic E-state index is -2.00. The summed E-state index contributed by atoms with van der Waals surface area (Å²) in [6, 6.07) is 17.8. The third-order valence-electron chi connectivity index (χ3n) is 7.40. The molecule has 13 nitrogen and oxygen atoms in total. The summed E-state index contributed by atoms with van der Waals surface area (Å²) < 4.78 is 32.0. The summed E-state index contributed by atoms with van der Waals surface area (Å²) in [5.74, 6) is -1.78. The standard InChI is InChI=1S/C32H30FN7O6/c1-32-29(42)38-22-15-19(8-10-24(22)46-32)36-27-21(33)17-35-31(40-27)37-20-9-11-25(26(16-20)44-2)45-13-12-34-28(41)23(39-30(32)43)14-18-6-4-3-5-7-18/h3-11,15-17,23H,12-14H2,1-2H3,(H,34,41)(H,38,42)(H,39,43)(H2,35,36,37,40)/t23-,32-/m0/s1. The Bertz CT molecular complexity index is 1810. The second kappa shape index (κ2) is 12.6. The van der Waals surface area contributed by atoms with Crippen LogP contribution in [0, 0.1) is 5.82 Å². The molecule has 0 spiro atoms. The number of carbonyl (C=O) groups is 3. The topological polar surface area (TPSA) is 165 Å². The number of nitrogens with one attached hydrogen (secondary N) is 5. The highest BCUT2D eigenvalue weighted by Gasteiger charge is 2.48. The largest absolute Gasteiger partial charge is 0.493 e. The summed E-state index contributed by atoms with van der Waals surface area (Å²) in [6.07, 6.45) is 1.17. The summed E-state index contributed by atoms with van der Waals surface area (Å²) in [5.41, 5.74) is -0.0367. The van der Waals surface area contributed by atoms with Gasteiger partial charge in [-0.05, 0) is 42.8 Å². The van der Waals surface area contributed by atoms with E-state index in [4.69, 9.17) is 14.2 Å².